The first-order chi connectivity index (χ1) is 9.08. The Balaban J connectivity index is 2.23. The van der Waals surface area contributed by atoms with Crippen molar-refractivity contribution in [3.63, 3.8) is 0 Å². The SMILES string of the molecule is Cc1cc(F)cc(NC(CO)c2cccc(Br)c2)c1. The molecule has 0 spiro atoms. The number of halogens is 2. The number of hydrogen-bond acceptors (Lipinski definition) is 2. The Morgan fingerprint density at radius 2 is 2.05 bits per heavy atom. The molecule has 2 N–H and O–H groups in total. The number of rotatable bonds is 4. The lowest BCUT2D eigenvalue weighted by Gasteiger charge is -2.18. The Bertz CT molecular complexity index is 554. The first-order valence-corrected chi connectivity index (χ1v) is 6.78. The highest BCUT2D eigenvalue weighted by Crippen LogP contribution is 2.23. The number of aliphatic hydroxyl groups is 1. The van der Waals surface area contributed by atoms with Gasteiger partial charge in [-0.25, -0.2) is 4.39 Å². The highest BCUT2D eigenvalue weighted by atomic mass is 79.9. The van der Waals surface area contributed by atoms with Gasteiger partial charge in [0.15, 0.2) is 0 Å². The van der Waals surface area contributed by atoms with E-state index in [0.29, 0.717) is 5.69 Å². The lowest BCUT2D eigenvalue weighted by Crippen LogP contribution is -2.15. The van der Waals surface area contributed by atoms with Crippen LogP contribution in [0.4, 0.5) is 10.1 Å². The van der Waals surface area contributed by atoms with Crippen LogP contribution in [0.5, 0.6) is 0 Å². The zero-order chi connectivity index (χ0) is 13.8. The third-order valence-electron chi connectivity index (χ3n) is 2.82. The molecule has 0 radical (unpaired) electrons. The molecule has 0 bridgehead atoms. The van der Waals surface area contributed by atoms with E-state index in [-0.39, 0.29) is 18.5 Å². The largest absolute Gasteiger partial charge is 0.394 e. The summed E-state index contributed by atoms with van der Waals surface area (Å²) < 4.78 is 14.3. The van der Waals surface area contributed by atoms with E-state index >= 15 is 0 Å². The van der Waals surface area contributed by atoms with Crippen LogP contribution in [0.25, 0.3) is 0 Å². The molecule has 1 atom stereocenters. The zero-order valence-corrected chi connectivity index (χ0v) is 12.1. The monoisotopic (exact) mass is 323 g/mol. The number of benzene rings is 2. The van der Waals surface area contributed by atoms with E-state index in [1.54, 1.807) is 0 Å². The molecule has 100 valence electrons. The number of nitrogens with one attached hydrogen (secondary N) is 1. The maximum Gasteiger partial charge on any atom is 0.125 e. The molecule has 0 aromatic heterocycles. The molecule has 0 saturated heterocycles. The molecule has 1 unspecified atom stereocenters. The Labute approximate surface area is 120 Å². The summed E-state index contributed by atoms with van der Waals surface area (Å²) in [6.45, 7) is 1.77. The average molecular weight is 324 g/mol. The van der Waals surface area contributed by atoms with E-state index in [1.165, 1.54) is 12.1 Å². The molecular weight excluding hydrogens is 309 g/mol. The lowest BCUT2D eigenvalue weighted by atomic mass is 10.1. The van der Waals surface area contributed by atoms with Crippen molar-refractivity contribution in [2.45, 2.75) is 13.0 Å². The summed E-state index contributed by atoms with van der Waals surface area (Å²) >= 11 is 3.40. The van der Waals surface area contributed by atoms with E-state index in [2.05, 4.69) is 21.2 Å². The molecule has 0 aliphatic carbocycles. The summed E-state index contributed by atoms with van der Waals surface area (Å²) in [5.41, 5.74) is 2.45. The first kappa shape index (κ1) is 14.0. The van der Waals surface area contributed by atoms with Crippen molar-refractivity contribution in [2.24, 2.45) is 0 Å². The van der Waals surface area contributed by atoms with Crippen LogP contribution in [0.1, 0.15) is 17.2 Å². The standard InChI is InChI=1S/C15H15BrFNO/c1-10-5-13(17)8-14(6-10)18-15(9-19)11-3-2-4-12(16)7-11/h2-8,15,18-19H,9H2,1H3. The summed E-state index contributed by atoms with van der Waals surface area (Å²) in [6, 6.07) is 12.2. The fourth-order valence-electron chi connectivity index (χ4n) is 1.98. The fourth-order valence-corrected chi connectivity index (χ4v) is 2.40. The molecule has 19 heavy (non-hydrogen) atoms. The van der Waals surface area contributed by atoms with Gasteiger partial charge >= 0.3 is 0 Å². The minimum Gasteiger partial charge on any atom is -0.394 e. The van der Waals surface area contributed by atoms with E-state index in [4.69, 9.17) is 0 Å². The minimum absolute atomic E-state index is 0.0635. The summed E-state index contributed by atoms with van der Waals surface area (Å²) in [4.78, 5) is 0. The molecule has 0 amide bonds. The topological polar surface area (TPSA) is 32.3 Å². The van der Waals surface area contributed by atoms with E-state index < -0.39 is 0 Å². The van der Waals surface area contributed by atoms with Crippen molar-refractivity contribution in [2.75, 3.05) is 11.9 Å². The van der Waals surface area contributed by atoms with Gasteiger partial charge in [-0.15, -0.1) is 0 Å². The van der Waals surface area contributed by atoms with Crippen molar-refractivity contribution in [1.29, 1.82) is 0 Å². The number of aryl methyl sites for hydroxylation is 1. The molecule has 2 nitrogen and oxygen atoms in total. The molecule has 0 saturated carbocycles. The molecule has 0 aliphatic heterocycles. The zero-order valence-electron chi connectivity index (χ0n) is 10.5. The van der Waals surface area contributed by atoms with E-state index in [0.717, 1.165) is 15.6 Å². The summed E-state index contributed by atoms with van der Waals surface area (Å²) in [7, 11) is 0. The Morgan fingerprint density at radius 1 is 1.26 bits per heavy atom. The normalized spacial score (nSPS) is 12.2. The van der Waals surface area contributed by atoms with Crippen LogP contribution in [0, 0.1) is 12.7 Å². The van der Waals surface area contributed by atoms with Gasteiger partial charge in [0, 0.05) is 10.2 Å². The molecule has 4 heteroatoms. The third-order valence-corrected chi connectivity index (χ3v) is 3.31. The second-order valence-electron chi connectivity index (χ2n) is 4.45. The van der Waals surface area contributed by atoms with E-state index in [9.17, 15) is 9.50 Å². The predicted molar refractivity (Wildman–Crippen MR) is 78.7 cm³/mol. The summed E-state index contributed by atoms with van der Waals surface area (Å²) in [6.07, 6.45) is 0. The van der Waals surface area contributed by atoms with Crippen LogP contribution in [-0.2, 0) is 0 Å². The van der Waals surface area contributed by atoms with Crippen molar-refractivity contribution < 1.29 is 9.50 Å². The molecule has 2 aromatic rings. The quantitative estimate of drug-likeness (QED) is 0.889. The van der Waals surface area contributed by atoms with Gasteiger partial charge in [-0.1, -0.05) is 28.1 Å². The minimum atomic E-state index is -0.284. The molecule has 2 rings (SSSR count). The Morgan fingerprint density at radius 3 is 2.68 bits per heavy atom. The van der Waals surface area contributed by atoms with Crippen molar-refractivity contribution in [3.8, 4) is 0 Å². The summed E-state index contributed by atoms with van der Waals surface area (Å²) in [5, 5.41) is 12.6. The van der Waals surface area contributed by atoms with Gasteiger partial charge < -0.3 is 10.4 Å². The van der Waals surface area contributed by atoms with Gasteiger partial charge in [-0.05, 0) is 48.4 Å². The van der Waals surface area contributed by atoms with Gasteiger partial charge in [0.25, 0.3) is 0 Å². The summed E-state index contributed by atoms with van der Waals surface area (Å²) in [5.74, 6) is -0.284. The van der Waals surface area contributed by atoms with E-state index in [1.807, 2.05) is 37.3 Å². The van der Waals surface area contributed by atoms with Crippen LogP contribution >= 0.6 is 15.9 Å². The van der Waals surface area contributed by atoms with Crippen LogP contribution in [-0.4, -0.2) is 11.7 Å². The highest BCUT2D eigenvalue weighted by molar-refractivity contribution is 9.10. The highest BCUT2D eigenvalue weighted by Gasteiger charge is 2.11. The van der Waals surface area contributed by atoms with Crippen molar-refractivity contribution in [1.82, 2.24) is 0 Å². The van der Waals surface area contributed by atoms with Gasteiger partial charge in [0.1, 0.15) is 5.82 Å². The predicted octanol–water partition coefficient (Wildman–Crippen LogP) is 4.04. The van der Waals surface area contributed by atoms with Crippen LogP contribution in [0.3, 0.4) is 0 Å². The number of aliphatic hydroxyl groups excluding tert-OH is 1. The molecule has 0 fully saturated rings. The van der Waals surface area contributed by atoms with Crippen LogP contribution in [0.2, 0.25) is 0 Å². The molecule has 2 aromatic carbocycles. The third kappa shape index (κ3) is 3.78. The maximum atomic E-state index is 13.3. The maximum absolute atomic E-state index is 13.3. The molecular formula is C15H15BrFNO. The van der Waals surface area contributed by atoms with Crippen LogP contribution < -0.4 is 5.32 Å². The van der Waals surface area contributed by atoms with Crippen molar-refractivity contribution >= 4 is 21.6 Å². The molecule has 0 aliphatic rings. The first-order valence-electron chi connectivity index (χ1n) is 5.98. The fraction of sp³-hybridized carbons (Fsp3) is 0.200. The van der Waals surface area contributed by atoms with Gasteiger partial charge in [-0.3, -0.25) is 0 Å². The van der Waals surface area contributed by atoms with Gasteiger partial charge in [0.2, 0.25) is 0 Å². The van der Waals surface area contributed by atoms with Gasteiger partial charge in [-0.2, -0.15) is 0 Å². The van der Waals surface area contributed by atoms with Crippen LogP contribution in [0.15, 0.2) is 46.9 Å². The number of hydrogen-bond donors (Lipinski definition) is 2. The Kier molecular flexibility index (Phi) is 4.56. The second-order valence-corrected chi connectivity index (χ2v) is 5.37. The van der Waals surface area contributed by atoms with Crippen molar-refractivity contribution in [3.05, 3.63) is 63.9 Å². The smallest absolute Gasteiger partial charge is 0.125 e. The average Bonchev–Trinajstić information content (AvgIpc) is 2.34. The molecule has 0 heterocycles. The number of anilines is 1. The van der Waals surface area contributed by atoms with Gasteiger partial charge in [0.05, 0.1) is 12.6 Å². The Hall–Kier alpha value is -1.39. The second kappa shape index (κ2) is 6.17. The lowest BCUT2D eigenvalue weighted by molar-refractivity contribution is 0.276.